The number of rotatable bonds is 3. The van der Waals surface area contributed by atoms with E-state index in [9.17, 15) is 13.2 Å². The third-order valence-corrected chi connectivity index (χ3v) is 6.21. The van der Waals surface area contributed by atoms with Crippen molar-refractivity contribution in [1.82, 2.24) is 0 Å². The predicted molar refractivity (Wildman–Crippen MR) is 92.9 cm³/mol. The summed E-state index contributed by atoms with van der Waals surface area (Å²) in [5.41, 5.74) is 0.744. The van der Waals surface area contributed by atoms with Crippen molar-refractivity contribution in [3.8, 4) is 5.75 Å². The van der Waals surface area contributed by atoms with Gasteiger partial charge in [-0.1, -0.05) is 23.2 Å². The van der Waals surface area contributed by atoms with Gasteiger partial charge < -0.3 is 4.74 Å². The van der Waals surface area contributed by atoms with E-state index in [0.717, 1.165) is 0 Å². The molecule has 2 aromatic rings. The molecule has 0 amide bonds. The van der Waals surface area contributed by atoms with E-state index in [1.807, 2.05) is 0 Å². The van der Waals surface area contributed by atoms with Crippen LogP contribution in [0.15, 0.2) is 41.3 Å². The van der Waals surface area contributed by atoms with Crippen LogP contribution in [0, 0.1) is 0 Å². The highest BCUT2D eigenvalue weighted by atomic mass is 35.5. The topological polar surface area (TPSA) is 63.7 Å². The number of sulfonamides is 1. The van der Waals surface area contributed by atoms with Crippen molar-refractivity contribution in [2.45, 2.75) is 11.8 Å². The van der Waals surface area contributed by atoms with E-state index < -0.39 is 10.0 Å². The maximum absolute atomic E-state index is 13.0. The number of fused-ring (bicyclic) bond motifs is 1. The molecule has 0 fully saturated rings. The van der Waals surface area contributed by atoms with Crippen LogP contribution in [0.3, 0.4) is 0 Å². The lowest BCUT2D eigenvalue weighted by Gasteiger charge is -2.30. The van der Waals surface area contributed by atoms with Gasteiger partial charge >= 0.3 is 0 Å². The number of carbonyl (C=O) groups excluding carboxylic acids is 1. The summed E-state index contributed by atoms with van der Waals surface area (Å²) < 4.78 is 32.7. The molecule has 0 atom stereocenters. The third-order valence-electron chi connectivity index (χ3n) is 3.67. The number of carbonyl (C=O) groups is 1. The Morgan fingerprint density at radius 3 is 2.54 bits per heavy atom. The first-order valence-electron chi connectivity index (χ1n) is 7.06. The van der Waals surface area contributed by atoms with Crippen molar-refractivity contribution in [2.24, 2.45) is 0 Å². The molecular formula is C16H13Cl2NO4S. The zero-order chi connectivity index (χ0) is 17.5. The van der Waals surface area contributed by atoms with Gasteiger partial charge in [-0.25, -0.2) is 8.42 Å². The van der Waals surface area contributed by atoms with Gasteiger partial charge in [-0.15, -0.1) is 0 Å². The van der Waals surface area contributed by atoms with Gasteiger partial charge in [0.1, 0.15) is 12.4 Å². The van der Waals surface area contributed by atoms with Gasteiger partial charge in [0.05, 0.1) is 27.2 Å². The molecule has 1 aliphatic heterocycles. The highest BCUT2D eigenvalue weighted by molar-refractivity contribution is 7.92. The van der Waals surface area contributed by atoms with Gasteiger partial charge in [-0.2, -0.15) is 0 Å². The van der Waals surface area contributed by atoms with E-state index in [4.69, 9.17) is 27.9 Å². The minimum atomic E-state index is -3.86. The molecule has 0 saturated carbocycles. The van der Waals surface area contributed by atoms with Crippen molar-refractivity contribution in [3.63, 3.8) is 0 Å². The molecule has 8 heteroatoms. The maximum Gasteiger partial charge on any atom is 0.264 e. The molecule has 0 bridgehead atoms. The Labute approximate surface area is 149 Å². The van der Waals surface area contributed by atoms with E-state index in [1.165, 1.54) is 35.5 Å². The minimum absolute atomic E-state index is 0.0259. The van der Waals surface area contributed by atoms with Crippen molar-refractivity contribution < 1.29 is 17.9 Å². The SMILES string of the molecule is CC(=O)c1ccc2c(c1)N(S(=O)(=O)c1ccc(Cl)c(Cl)c1)CCO2. The second-order valence-corrected chi connectivity index (χ2v) is 7.92. The molecule has 1 heterocycles. The first-order valence-corrected chi connectivity index (χ1v) is 9.26. The van der Waals surface area contributed by atoms with Gasteiger partial charge in [0.15, 0.2) is 5.78 Å². The molecule has 5 nitrogen and oxygen atoms in total. The summed E-state index contributed by atoms with van der Waals surface area (Å²) in [5, 5.41) is 0.431. The lowest BCUT2D eigenvalue weighted by molar-refractivity contribution is 0.101. The van der Waals surface area contributed by atoms with Crippen molar-refractivity contribution in [3.05, 3.63) is 52.0 Å². The highest BCUT2D eigenvalue weighted by Crippen LogP contribution is 2.37. The molecule has 2 aromatic carbocycles. The Balaban J connectivity index is 2.12. The van der Waals surface area contributed by atoms with Gasteiger partial charge in [-0.05, 0) is 43.3 Å². The fraction of sp³-hybridized carbons (Fsp3) is 0.188. The lowest BCUT2D eigenvalue weighted by Crippen LogP contribution is -2.38. The van der Waals surface area contributed by atoms with Crippen molar-refractivity contribution in [2.75, 3.05) is 17.5 Å². The zero-order valence-electron chi connectivity index (χ0n) is 12.6. The van der Waals surface area contributed by atoms with Crippen LogP contribution < -0.4 is 9.04 Å². The van der Waals surface area contributed by atoms with E-state index in [-0.39, 0.29) is 33.9 Å². The number of hydrogen-bond acceptors (Lipinski definition) is 4. The first-order chi connectivity index (χ1) is 11.3. The minimum Gasteiger partial charge on any atom is -0.489 e. The number of Topliss-reactive ketones (excluding diaryl/α,β-unsaturated/α-hetero) is 1. The Morgan fingerprint density at radius 1 is 1.12 bits per heavy atom. The lowest BCUT2D eigenvalue weighted by atomic mass is 10.1. The van der Waals surface area contributed by atoms with Crippen molar-refractivity contribution >= 4 is 44.7 Å². The molecule has 1 aliphatic rings. The van der Waals surface area contributed by atoms with E-state index in [1.54, 1.807) is 12.1 Å². The summed E-state index contributed by atoms with van der Waals surface area (Å²) in [5.74, 6) is 0.255. The first kappa shape index (κ1) is 17.1. The average molecular weight is 386 g/mol. The fourth-order valence-electron chi connectivity index (χ4n) is 2.43. The van der Waals surface area contributed by atoms with E-state index in [2.05, 4.69) is 0 Å². The van der Waals surface area contributed by atoms with Crippen LogP contribution in [0.4, 0.5) is 5.69 Å². The van der Waals surface area contributed by atoms with Gasteiger partial charge in [0.2, 0.25) is 0 Å². The summed E-state index contributed by atoms with van der Waals surface area (Å²) in [6.07, 6.45) is 0. The molecule has 0 spiro atoms. The Hall–Kier alpha value is -1.76. The largest absolute Gasteiger partial charge is 0.489 e. The zero-order valence-corrected chi connectivity index (χ0v) is 15.0. The second kappa shape index (κ2) is 6.27. The number of benzene rings is 2. The number of ketones is 1. The Morgan fingerprint density at radius 2 is 1.88 bits per heavy atom. The molecule has 0 radical (unpaired) electrons. The predicted octanol–water partition coefficient (Wildman–Crippen LogP) is 3.78. The fourth-order valence-corrected chi connectivity index (χ4v) is 4.27. The summed E-state index contributed by atoms with van der Waals surface area (Å²) in [4.78, 5) is 11.6. The number of ether oxygens (including phenoxy) is 1. The molecule has 3 rings (SSSR count). The average Bonchev–Trinajstić information content (AvgIpc) is 2.56. The van der Waals surface area contributed by atoms with E-state index >= 15 is 0 Å². The maximum atomic E-state index is 13.0. The Bertz CT molecular complexity index is 928. The van der Waals surface area contributed by atoms with Gasteiger partial charge in [-0.3, -0.25) is 9.10 Å². The molecular weight excluding hydrogens is 373 g/mol. The summed E-state index contributed by atoms with van der Waals surface area (Å²) >= 11 is 11.8. The van der Waals surface area contributed by atoms with Crippen LogP contribution in [-0.4, -0.2) is 27.4 Å². The standard InChI is InChI=1S/C16H13Cl2NO4S/c1-10(20)11-2-5-16-15(8-11)19(6-7-23-16)24(21,22)12-3-4-13(17)14(18)9-12/h2-5,8-9H,6-7H2,1H3. The van der Waals surface area contributed by atoms with Crippen LogP contribution >= 0.6 is 23.2 Å². The van der Waals surface area contributed by atoms with E-state index in [0.29, 0.717) is 17.0 Å². The summed E-state index contributed by atoms with van der Waals surface area (Å²) in [6, 6.07) is 8.87. The summed E-state index contributed by atoms with van der Waals surface area (Å²) in [7, 11) is -3.86. The normalized spacial score (nSPS) is 14.0. The Kier molecular flexibility index (Phi) is 4.46. The number of hydrogen-bond donors (Lipinski definition) is 0. The third kappa shape index (κ3) is 2.97. The van der Waals surface area contributed by atoms with Crippen LogP contribution in [0.1, 0.15) is 17.3 Å². The molecule has 0 saturated heterocycles. The molecule has 0 unspecified atom stereocenters. The smallest absolute Gasteiger partial charge is 0.264 e. The molecule has 0 aliphatic carbocycles. The molecule has 24 heavy (non-hydrogen) atoms. The van der Waals surface area contributed by atoms with Gasteiger partial charge in [0, 0.05) is 5.56 Å². The number of halogens is 2. The van der Waals surface area contributed by atoms with Crippen LogP contribution in [0.5, 0.6) is 5.75 Å². The second-order valence-electron chi connectivity index (χ2n) is 5.24. The highest BCUT2D eigenvalue weighted by Gasteiger charge is 2.31. The monoisotopic (exact) mass is 385 g/mol. The number of nitrogens with zero attached hydrogens (tertiary/aromatic N) is 1. The van der Waals surface area contributed by atoms with Gasteiger partial charge in [0.25, 0.3) is 10.0 Å². The van der Waals surface area contributed by atoms with Crippen LogP contribution in [0.2, 0.25) is 10.0 Å². The summed E-state index contributed by atoms with van der Waals surface area (Å²) in [6.45, 7) is 1.77. The quantitative estimate of drug-likeness (QED) is 0.754. The molecule has 0 N–H and O–H groups in total. The van der Waals surface area contributed by atoms with Crippen LogP contribution in [-0.2, 0) is 10.0 Å². The molecule has 0 aromatic heterocycles. The van der Waals surface area contributed by atoms with Crippen LogP contribution in [0.25, 0.3) is 0 Å². The molecule has 126 valence electrons. The number of anilines is 1. The van der Waals surface area contributed by atoms with Crippen molar-refractivity contribution in [1.29, 1.82) is 0 Å².